The molecule has 17 heavy (non-hydrogen) atoms. The lowest BCUT2D eigenvalue weighted by molar-refractivity contribution is 0.0135. The van der Waals surface area contributed by atoms with Crippen molar-refractivity contribution in [2.24, 2.45) is 5.92 Å². The Labute approximate surface area is 100 Å². The molecule has 0 aliphatic carbocycles. The van der Waals surface area contributed by atoms with Crippen molar-refractivity contribution in [3.63, 3.8) is 0 Å². The van der Waals surface area contributed by atoms with Crippen LogP contribution in [0.3, 0.4) is 0 Å². The molecule has 0 fully saturated rings. The van der Waals surface area contributed by atoms with E-state index in [0.29, 0.717) is 24.3 Å². The van der Waals surface area contributed by atoms with Crippen LogP contribution < -0.4 is 4.74 Å². The van der Waals surface area contributed by atoms with Gasteiger partial charge in [-0.3, -0.25) is 0 Å². The molecule has 94 valence electrons. The molecule has 3 atom stereocenters. The van der Waals surface area contributed by atoms with Gasteiger partial charge in [0.25, 0.3) is 0 Å². The van der Waals surface area contributed by atoms with Crippen LogP contribution in [0, 0.1) is 11.7 Å². The van der Waals surface area contributed by atoms with E-state index in [0.717, 1.165) is 0 Å². The summed E-state index contributed by atoms with van der Waals surface area (Å²) < 4.78 is 23.9. The molecule has 1 aliphatic rings. The molecule has 1 N–H and O–H groups in total. The monoisotopic (exact) mass is 240 g/mol. The number of halogens is 1. The number of aliphatic hydroxyl groups is 1. The van der Waals surface area contributed by atoms with Gasteiger partial charge in [-0.25, -0.2) is 4.39 Å². The van der Waals surface area contributed by atoms with Crippen molar-refractivity contribution < 1.29 is 19.0 Å². The van der Waals surface area contributed by atoms with Gasteiger partial charge in [-0.15, -0.1) is 0 Å². The molecule has 4 heteroatoms. The first-order valence-electron chi connectivity index (χ1n) is 5.75. The summed E-state index contributed by atoms with van der Waals surface area (Å²) in [6, 6.07) is 4.24. The van der Waals surface area contributed by atoms with Crippen molar-refractivity contribution in [3.05, 3.63) is 29.6 Å². The van der Waals surface area contributed by atoms with Gasteiger partial charge < -0.3 is 14.6 Å². The van der Waals surface area contributed by atoms with Gasteiger partial charge in [-0.1, -0.05) is 6.92 Å². The summed E-state index contributed by atoms with van der Waals surface area (Å²) >= 11 is 0. The van der Waals surface area contributed by atoms with Crippen LogP contribution in [0.25, 0.3) is 0 Å². The van der Waals surface area contributed by atoms with Crippen LogP contribution in [0.5, 0.6) is 5.75 Å². The fraction of sp³-hybridized carbons (Fsp3) is 0.538. The molecule has 0 amide bonds. The Morgan fingerprint density at radius 3 is 3.06 bits per heavy atom. The van der Waals surface area contributed by atoms with Crippen LogP contribution in [-0.2, 0) is 4.74 Å². The lowest BCUT2D eigenvalue weighted by atomic mass is 9.92. The third-order valence-electron chi connectivity index (χ3n) is 3.13. The van der Waals surface area contributed by atoms with E-state index < -0.39 is 6.10 Å². The third kappa shape index (κ3) is 2.58. The minimum atomic E-state index is -0.668. The Balaban J connectivity index is 2.18. The van der Waals surface area contributed by atoms with Crippen molar-refractivity contribution in [2.45, 2.75) is 25.6 Å². The molecule has 2 rings (SSSR count). The summed E-state index contributed by atoms with van der Waals surface area (Å²) in [7, 11) is 1.64. The van der Waals surface area contributed by atoms with Gasteiger partial charge in [0.1, 0.15) is 17.7 Å². The predicted octanol–water partition coefficient (Wildman–Crippen LogP) is 2.29. The molecule has 1 aromatic rings. The Hall–Kier alpha value is -1.13. The fourth-order valence-electron chi connectivity index (χ4n) is 2.16. The molecular weight excluding hydrogens is 223 g/mol. The average molecular weight is 240 g/mol. The molecule has 3 unspecified atom stereocenters. The lowest BCUT2D eigenvalue weighted by Crippen LogP contribution is -2.33. The molecule has 0 saturated carbocycles. The van der Waals surface area contributed by atoms with E-state index in [9.17, 15) is 9.50 Å². The first-order valence-corrected chi connectivity index (χ1v) is 5.75. The molecule has 3 nitrogen and oxygen atoms in total. The molecule has 1 aliphatic heterocycles. The van der Waals surface area contributed by atoms with E-state index in [1.807, 2.05) is 6.92 Å². The first kappa shape index (κ1) is 12.3. The van der Waals surface area contributed by atoms with Gasteiger partial charge in [0.15, 0.2) is 0 Å². The molecule has 0 spiro atoms. The van der Waals surface area contributed by atoms with E-state index in [1.165, 1.54) is 12.1 Å². The largest absolute Gasteiger partial charge is 0.490 e. The lowest BCUT2D eigenvalue weighted by Gasteiger charge is -2.32. The number of ether oxygens (including phenoxy) is 2. The number of rotatable bonds is 3. The predicted molar refractivity (Wildman–Crippen MR) is 61.4 cm³/mol. The van der Waals surface area contributed by atoms with Crippen LogP contribution in [-0.4, -0.2) is 24.9 Å². The van der Waals surface area contributed by atoms with Gasteiger partial charge in [0.05, 0.1) is 12.7 Å². The highest BCUT2D eigenvalue weighted by atomic mass is 19.1. The standard InChI is InChI=1S/C13H17FO3/c1-8(7-16-2)13-6-11(15)10-5-9(14)3-4-12(10)17-13/h3-5,8,11,13,15H,6-7H2,1-2H3. The number of benzene rings is 1. The van der Waals surface area contributed by atoms with Crippen LogP contribution in [0.1, 0.15) is 25.0 Å². The second kappa shape index (κ2) is 5.02. The second-order valence-corrected chi connectivity index (χ2v) is 4.52. The number of hydrogen-bond donors (Lipinski definition) is 1. The zero-order valence-corrected chi connectivity index (χ0v) is 10.0. The molecular formula is C13H17FO3. The summed E-state index contributed by atoms with van der Waals surface area (Å²) in [4.78, 5) is 0. The van der Waals surface area contributed by atoms with Gasteiger partial charge in [0, 0.05) is 25.0 Å². The fourth-order valence-corrected chi connectivity index (χ4v) is 2.16. The van der Waals surface area contributed by atoms with Crippen molar-refractivity contribution in [3.8, 4) is 5.75 Å². The Bertz CT molecular complexity index is 394. The summed E-state index contributed by atoms with van der Waals surface area (Å²) in [5.41, 5.74) is 0.533. The van der Waals surface area contributed by atoms with E-state index in [2.05, 4.69) is 0 Å². The van der Waals surface area contributed by atoms with Gasteiger partial charge >= 0.3 is 0 Å². The highest BCUT2D eigenvalue weighted by Crippen LogP contribution is 2.37. The molecule has 0 radical (unpaired) electrons. The highest BCUT2D eigenvalue weighted by molar-refractivity contribution is 5.37. The van der Waals surface area contributed by atoms with Crippen molar-refractivity contribution in [1.29, 1.82) is 0 Å². The van der Waals surface area contributed by atoms with E-state index in [1.54, 1.807) is 13.2 Å². The maximum absolute atomic E-state index is 13.1. The van der Waals surface area contributed by atoms with E-state index >= 15 is 0 Å². The van der Waals surface area contributed by atoms with Crippen LogP contribution in [0.2, 0.25) is 0 Å². The van der Waals surface area contributed by atoms with E-state index in [-0.39, 0.29) is 17.8 Å². The Morgan fingerprint density at radius 2 is 2.35 bits per heavy atom. The van der Waals surface area contributed by atoms with Crippen LogP contribution in [0.15, 0.2) is 18.2 Å². The smallest absolute Gasteiger partial charge is 0.125 e. The van der Waals surface area contributed by atoms with E-state index in [4.69, 9.17) is 9.47 Å². The molecule has 0 aromatic heterocycles. The zero-order valence-electron chi connectivity index (χ0n) is 10.0. The Morgan fingerprint density at radius 1 is 1.59 bits per heavy atom. The number of methoxy groups -OCH3 is 1. The van der Waals surface area contributed by atoms with Crippen LogP contribution >= 0.6 is 0 Å². The van der Waals surface area contributed by atoms with Crippen molar-refractivity contribution >= 4 is 0 Å². The molecule has 0 bridgehead atoms. The average Bonchev–Trinajstić information content (AvgIpc) is 2.30. The highest BCUT2D eigenvalue weighted by Gasteiger charge is 2.30. The van der Waals surface area contributed by atoms with Crippen LogP contribution in [0.4, 0.5) is 4.39 Å². The first-order chi connectivity index (χ1) is 8.11. The number of hydrogen-bond acceptors (Lipinski definition) is 3. The molecule has 1 aromatic carbocycles. The van der Waals surface area contributed by atoms with Crippen molar-refractivity contribution in [1.82, 2.24) is 0 Å². The maximum Gasteiger partial charge on any atom is 0.125 e. The quantitative estimate of drug-likeness (QED) is 0.881. The minimum Gasteiger partial charge on any atom is -0.490 e. The van der Waals surface area contributed by atoms with Gasteiger partial charge in [-0.2, -0.15) is 0 Å². The Kier molecular flexibility index (Phi) is 3.64. The zero-order chi connectivity index (χ0) is 12.4. The summed E-state index contributed by atoms with van der Waals surface area (Å²) in [6.07, 6.45) is -0.289. The maximum atomic E-state index is 13.1. The topological polar surface area (TPSA) is 38.7 Å². The summed E-state index contributed by atoms with van der Waals surface area (Å²) in [5.74, 6) is 0.403. The summed E-state index contributed by atoms with van der Waals surface area (Å²) in [6.45, 7) is 2.59. The normalized spacial score (nSPS) is 24.9. The van der Waals surface area contributed by atoms with Gasteiger partial charge in [-0.05, 0) is 18.2 Å². The third-order valence-corrected chi connectivity index (χ3v) is 3.13. The number of aliphatic hydroxyl groups excluding tert-OH is 1. The summed E-state index contributed by atoms with van der Waals surface area (Å²) in [5, 5.41) is 9.99. The van der Waals surface area contributed by atoms with Gasteiger partial charge in [0.2, 0.25) is 0 Å². The second-order valence-electron chi connectivity index (χ2n) is 4.52. The molecule has 0 saturated heterocycles. The minimum absolute atomic E-state index is 0.0945. The molecule has 1 heterocycles. The van der Waals surface area contributed by atoms with Crippen molar-refractivity contribution in [2.75, 3.05) is 13.7 Å². The number of fused-ring (bicyclic) bond motifs is 1. The SMILES string of the molecule is COCC(C)C1CC(O)c2cc(F)ccc2O1.